The summed E-state index contributed by atoms with van der Waals surface area (Å²) in [6.07, 6.45) is -1.66. The van der Waals surface area contributed by atoms with Crippen LogP contribution >= 0.6 is 12.2 Å². The van der Waals surface area contributed by atoms with Gasteiger partial charge in [-0.2, -0.15) is 13.2 Å². The summed E-state index contributed by atoms with van der Waals surface area (Å²) >= 11 is 4.99. The largest absolute Gasteiger partial charge is 0.457 e. The van der Waals surface area contributed by atoms with Crippen molar-refractivity contribution in [1.29, 1.82) is 0 Å². The average molecular weight is 432 g/mol. The molecule has 1 heterocycles. The molecule has 2 aromatic rings. The summed E-state index contributed by atoms with van der Waals surface area (Å²) in [4.78, 5) is 26.0. The van der Waals surface area contributed by atoms with E-state index in [9.17, 15) is 22.8 Å². The van der Waals surface area contributed by atoms with Crippen LogP contribution in [-0.2, 0) is 15.8 Å². The number of amides is 2. The molecule has 0 aromatic heterocycles. The van der Waals surface area contributed by atoms with E-state index >= 15 is 0 Å². The van der Waals surface area contributed by atoms with Crippen molar-refractivity contribution in [2.45, 2.75) is 6.18 Å². The zero-order chi connectivity index (χ0) is 21.9. The van der Waals surface area contributed by atoms with Crippen molar-refractivity contribution in [3.63, 3.8) is 0 Å². The monoisotopic (exact) mass is 432 g/mol. The molecule has 0 radical (unpaired) electrons. The lowest BCUT2D eigenvalue weighted by molar-refractivity contribution is -0.137. The van der Waals surface area contributed by atoms with Gasteiger partial charge >= 0.3 is 6.18 Å². The Morgan fingerprint density at radius 2 is 1.77 bits per heavy atom. The first kappa shape index (κ1) is 21.3. The van der Waals surface area contributed by atoms with Gasteiger partial charge in [-0.3, -0.25) is 19.8 Å². The van der Waals surface area contributed by atoms with Crippen molar-refractivity contribution in [1.82, 2.24) is 10.2 Å². The van der Waals surface area contributed by atoms with E-state index in [1.807, 2.05) is 0 Å². The Labute approximate surface area is 175 Å². The van der Waals surface area contributed by atoms with E-state index in [0.717, 1.165) is 12.1 Å². The minimum atomic E-state index is -4.49. The van der Waals surface area contributed by atoms with Crippen molar-refractivity contribution in [3.05, 3.63) is 77.9 Å². The zero-order valence-corrected chi connectivity index (χ0v) is 16.2. The average Bonchev–Trinajstić information content (AvgIpc) is 2.68. The number of hydrogen-bond acceptors (Lipinski definition) is 4. The highest BCUT2D eigenvalue weighted by Crippen LogP contribution is 2.33. The quantitative estimate of drug-likeness (QED) is 0.331. The molecular formula is C21H15F3N2O3S. The van der Waals surface area contributed by atoms with Gasteiger partial charge in [0.1, 0.15) is 17.1 Å². The molecule has 0 atom stereocenters. The van der Waals surface area contributed by atoms with Gasteiger partial charge in [-0.15, -0.1) is 6.58 Å². The number of benzene rings is 2. The summed E-state index contributed by atoms with van der Waals surface area (Å²) in [5.41, 5.74) is -0.521. The number of nitrogens with zero attached hydrogens (tertiary/aromatic N) is 1. The van der Waals surface area contributed by atoms with E-state index < -0.39 is 23.6 Å². The molecule has 0 bridgehead atoms. The van der Waals surface area contributed by atoms with E-state index in [1.165, 1.54) is 35.3 Å². The molecule has 3 rings (SSSR count). The molecule has 2 amide bonds. The minimum absolute atomic E-state index is 0.00335. The molecule has 0 saturated carbocycles. The number of thiocarbonyl (C=S) groups is 1. The SMILES string of the molecule is C=CCN1C(=O)C(=Cc2cccc(Oc3cccc(C(F)(F)F)c3)c2)C(=O)NC1=S. The fraction of sp³-hybridized carbons (Fsp3) is 0.0952. The van der Waals surface area contributed by atoms with Gasteiger partial charge in [-0.05, 0) is 54.2 Å². The molecule has 0 aliphatic carbocycles. The predicted octanol–water partition coefficient (Wildman–Crippen LogP) is 4.31. The zero-order valence-electron chi connectivity index (χ0n) is 15.4. The van der Waals surface area contributed by atoms with Gasteiger partial charge < -0.3 is 4.74 Å². The molecular weight excluding hydrogens is 417 g/mol. The fourth-order valence-corrected chi connectivity index (χ4v) is 2.95. The van der Waals surface area contributed by atoms with Crippen molar-refractivity contribution >= 4 is 35.2 Å². The first-order chi connectivity index (χ1) is 14.2. The van der Waals surface area contributed by atoms with Crippen LogP contribution in [0.5, 0.6) is 11.5 Å². The lowest BCUT2D eigenvalue weighted by Crippen LogP contribution is -2.53. The molecule has 2 aromatic carbocycles. The maximum atomic E-state index is 12.9. The van der Waals surface area contributed by atoms with Crippen LogP contribution in [-0.4, -0.2) is 28.4 Å². The maximum Gasteiger partial charge on any atom is 0.416 e. The Kier molecular flexibility index (Phi) is 6.02. The summed E-state index contributed by atoms with van der Waals surface area (Å²) in [6.45, 7) is 3.68. The first-order valence-corrected chi connectivity index (χ1v) is 9.05. The van der Waals surface area contributed by atoms with Crippen LogP contribution in [0.2, 0.25) is 0 Å². The first-order valence-electron chi connectivity index (χ1n) is 8.64. The number of halogens is 3. The third kappa shape index (κ3) is 4.74. The number of alkyl halides is 3. The summed E-state index contributed by atoms with van der Waals surface area (Å²) < 4.78 is 44.1. The standard InChI is InChI=1S/C21H15F3N2O3S/c1-2-9-26-19(28)17(18(27)25-20(26)30)11-13-5-3-7-15(10-13)29-16-8-4-6-14(12-16)21(22,23)24/h2-8,10-12H,1,9H2,(H,25,27,30). The van der Waals surface area contributed by atoms with Crippen molar-refractivity contribution in [3.8, 4) is 11.5 Å². The topological polar surface area (TPSA) is 58.6 Å². The van der Waals surface area contributed by atoms with Gasteiger partial charge in [-0.25, -0.2) is 0 Å². The van der Waals surface area contributed by atoms with Gasteiger partial charge in [0, 0.05) is 6.54 Å². The highest BCUT2D eigenvalue weighted by molar-refractivity contribution is 7.80. The van der Waals surface area contributed by atoms with Crippen molar-refractivity contribution in [2.24, 2.45) is 0 Å². The van der Waals surface area contributed by atoms with Crippen LogP contribution in [0, 0.1) is 0 Å². The molecule has 1 fully saturated rings. The van der Waals surface area contributed by atoms with Gasteiger partial charge in [0.05, 0.1) is 5.56 Å². The number of rotatable bonds is 5. The summed E-state index contributed by atoms with van der Waals surface area (Å²) in [6, 6.07) is 10.7. The Balaban J connectivity index is 1.87. The van der Waals surface area contributed by atoms with Gasteiger partial charge in [0.15, 0.2) is 5.11 Å². The lowest BCUT2D eigenvalue weighted by atomic mass is 10.1. The predicted molar refractivity (Wildman–Crippen MR) is 109 cm³/mol. The molecule has 1 aliphatic rings. The Morgan fingerprint density at radius 1 is 1.10 bits per heavy atom. The Hall–Kier alpha value is -3.46. The van der Waals surface area contributed by atoms with E-state index in [-0.39, 0.29) is 28.7 Å². The minimum Gasteiger partial charge on any atom is -0.457 e. The van der Waals surface area contributed by atoms with E-state index in [2.05, 4.69) is 11.9 Å². The molecule has 1 N–H and O–H groups in total. The molecule has 1 aliphatic heterocycles. The van der Waals surface area contributed by atoms with Crippen LogP contribution in [0.4, 0.5) is 13.2 Å². The normalized spacial score (nSPS) is 15.9. The van der Waals surface area contributed by atoms with Crippen LogP contribution in [0.1, 0.15) is 11.1 Å². The molecule has 1 saturated heterocycles. The number of hydrogen-bond donors (Lipinski definition) is 1. The van der Waals surface area contributed by atoms with Crippen molar-refractivity contribution < 1.29 is 27.5 Å². The second kappa shape index (κ2) is 8.50. The highest BCUT2D eigenvalue weighted by atomic mass is 32.1. The number of ether oxygens (including phenoxy) is 1. The Morgan fingerprint density at radius 3 is 2.43 bits per heavy atom. The number of nitrogens with one attached hydrogen (secondary N) is 1. The van der Waals surface area contributed by atoms with Crippen LogP contribution in [0.25, 0.3) is 6.08 Å². The second-order valence-corrected chi connectivity index (χ2v) is 6.61. The number of carbonyl (C=O) groups excluding carboxylic acids is 2. The lowest BCUT2D eigenvalue weighted by Gasteiger charge is -2.27. The van der Waals surface area contributed by atoms with Gasteiger partial charge in [-0.1, -0.05) is 24.3 Å². The van der Waals surface area contributed by atoms with Crippen LogP contribution in [0.15, 0.2) is 66.8 Å². The van der Waals surface area contributed by atoms with Gasteiger partial charge in [0.2, 0.25) is 0 Å². The van der Waals surface area contributed by atoms with E-state index in [1.54, 1.807) is 18.2 Å². The molecule has 5 nitrogen and oxygen atoms in total. The molecule has 9 heteroatoms. The summed E-state index contributed by atoms with van der Waals surface area (Å²) in [7, 11) is 0. The van der Waals surface area contributed by atoms with E-state index in [0.29, 0.717) is 5.56 Å². The summed E-state index contributed by atoms with van der Waals surface area (Å²) in [5, 5.41) is 2.42. The molecule has 0 spiro atoms. The third-order valence-electron chi connectivity index (χ3n) is 4.06. The van der Waals surface area contributed by atoms with Crippen LogP contribution in [0.3, 0.4) is 0 Å². The molecule has 30 heavy (non-hydrogen) atoms. The maximum absolute atomic E-state index is 12.9. The highest BCUT2D eigenvalue weighted by Gasteiger charge is 2.32. The van der Waals surface area contributed by atoms with Crippen molar-refractivity contribution in [2.75, 3.05) is 6.54 Å². The molecule has 154 valence electrons. The van der Waals surface area contributed by atoms with Gasteiger partial charge in [0.25, 0.3) is 11.8 Å². The fourth-order valence-electron chi connectivity index (χ4n) is 2.70. The summed E-state index contributed by atoms with van der Waals surface area (Å²) in [5.74, 6) is -0.975. The number of carbonyl (C=O) groups is 2. The second-order valence-electron chi connectivity index (χ2n) is 6.22. The smallest absolute Gasteiger partial charge is 0.416 e. The molecule has 0 unspecified atom stereocenters. The third-order valence-corrected chi connectivity index (χ3v) is 4.39. The van der Waals surface area contributed by atoms with Crippen LogP contribution < -0.4 is 10.1 Å². The van der Waals surface area contributed by atoms with E-state index in [4.69, 9.17) is 17.0 Å². The Bertz CT molecular complexity index is 1060.